The van der Waals surface area contributed by atoms with E-state index in [0.717, 1.165) is 12.8 Å². The van der Waals surface area contributed by atoms with Gasteiger partial charge in [-0.3, -0.25) is 4.79 Å². The predicted octanol–water partition coefficient (Wildman–Crippen LogP) is 2.30. The van der Waals surface area contributed by atoms with Crippen LogP contribution in [0.4, 0.5) is 4.39 Å². The molecule has 1 saturated carbocycles. The molecule has 1 N–H and O–H groups in total. The summed E-state index contributed by atoms with van der Waals surface area (Å²) in [4.78, 5) is 11.4. The molecular weight excluding hydrogens is 217 g/mol. The van der Waals surface area contributed by atoms with Crippen molar-refractivity contribution in [1.29, 1.82) is 0 Å². The van der Waals surface area contributed by atoms with Crippen LogP contribution < -0.4 is 5.32 Å². The van der Waals surface area contributed by atoms with Crippen LogP contribution in [0.2, 0.25) is 5.02 Å². The highest BCUT2D eigenvalue weighted by Gasteiger charge is 2.23. The lowest BCUT2D eigenvalue weighted by Crippen LogP contribution is -2.27. The van der Waals surface area contributed by atoms with Gasteiger partial charge in [0.1, 0.15) is 5.82 Å². The number of halogens is 2. The fraction of sp³-hybridized carbons (Fsp3) is 0.364. The Morgan fingerprint density at radius 1 is 1.53 bits per heavy atom. The lowest BCUT2D eigenvalue weighted by molar-refractivity contribution is -0.120. The summed E-state index contributed by atoms with van der Waals surface area (Å²) in [6, 6.07) is 4.72. The van der Waals surface area contributed by atoms with E-state index in [1.165, 1.54) is 12.1 Å². The van der Waals surface area contributed by atoms with Crippen LogP contribution in [0.25, 0.3) is 0 Å². The molecule has 0 unspecified atom stereocenters. The summed E-state index contributed by atoms with van der Waals surface area (Å²) in [5.74, 6) is -0.585. The molecule has 15 heavy (non-hydrogen) atoms. The first-order valence-electron chi connectivity index (χ1n) is 4.89. The average molecular weight is 228 g/mol. The summed E-state index contributed by atoms with van der Waals surface area (Å²) in [7, 11) is 0. The maximum atomic E-state index is 13.3. The SMILES string of the molecule is O=C(Cc1c(F)cccc1Cl)NC1CC1. The minimum atomic E-state index is -0.423. The molecule has 0 spiro atoms. The average Bonchev–Trinajstić information content (AvgIpc) is 2.95. The summed E-state index contributed by atoms with van der Waals surface area (Å²) in [5, 5.41) is 3.10. The number of benzene rings is 1. The van der Waals surface area contributed by atoms with Crippen molar-refractivity contribution in [3.63, 3.8) is 0 Å². The number of carbonyl (C=O) groups excluding carboxylic acids is 1. The topological polar surface area (TPSA) is 29.1 Å². The van der Waals surface area contributed by atoms with Gasteiger partial charge in [-0.05, 0) is 25.0 Å². The molecule has 0 atom stereocenters. The first kappa shape index (κ1) is 10.4. The van der Waals surface area contributed by atoms with E-state index in [4.69, 9.17) is 11.6 Å². The maximum absolute atomic E-state index is 13.3. The molecular formula is C11H11ClFNO. The molecule has 2 nitrogen and oxygen atoms in total. The first-order valence-corrected chi connectivity index (χ1v) is 5.27. The normalized spacial score (nSPS) is 15.1. The number of nitrogens with one attached hydrogen (secondary N) is 1. The zero-order valence-corrected chi connectivity index (χ0v) is 8.85. The van der Waals surface area contributed by atoms with Crippen molar-refractivity contribution in [1.82, 2.24) is 5.32 Å². The Labute approximate surface area is 92.4 Å². The highest BCUT2D eigenvalue weighted by atomic mass is 35.5. The fourth-order valence-corrected chi connectivity index (χ4v) is 1.60. The van der Waals surface area contributed by atoms with Crippen LogP contribution in [0, 0.1) is 5.82 Å². The maximum Gasteiger partial charge on any atom is 0.224 e. The Hall–Kier alpha value is -1.09. The fourth-order valence-electron chi connectivity index (χ4n) is 1.37. The monoisotopic (exact) mass is 227 g/mol. The molecule has 80 valence electrons. The summed E-state index contributed by atoms with van der Waals surface area (Å²) in [6.45, 7) is 0. The second-order valence-corrected chi connectivity index (χ2v) is 4.13. The van der Waals surface area contributed by atoms with E-state index in [9.17, 15) is 9.18 Å². The van der Waals surface area contributed by atoms with Gasteiger partial charge in [0.2, 0.25) is 5.91 Å². The van der Waals surface area contributed by atoms with Gasteiger partial charge in [0.15, 0.2) is 0 Å². The quantitative estimate of drug-likeness (QED) is 0.844. The van der Waals surface area contributed by atoms with Gasteiger partial charge in [-0.15, -0.1) is 0 Å². The van der Waals surface area contributed by atoms with E-state index in [-0.39, 0.29) is 17.9 Å². The van der Waals surface area contributed by atoms with Gasteiger partial charge in [-0.2, -0.15) is 0 Å². The van der Waals surface area contributed by atoms with Gasteiger partial charge >= 0.3 is 0 Å². The van der Waals surface area contributed by atoms with Crippen molar-refractivity contribution >= 4 is 17.5 Å². The van der Waals surface area contributed by atoms with Crippen molar-refractivity contribution < 1.29 is 9.18 Å². The van der Waals surface area contributed by atoms with E-state index in [1.807, 2.05) is 0 Å². The Bertz CT molecular complexity index is 370. The highest BCUT2D eigenvalue weighted by Crippen LogP contribution is 2.21. The third-order valence-corrected chi connectivity index (χ3v) is 2.70. The summed E-state index contributed by atoms with van der Waals surface area (Å²) in [6.07, 6.45) is 2.06. The summed E-state index contributed by atoms with van der Waals surface area (Å²) < 4.78 is 13.3. The highest BCUT2D eigenvalue weighted by molar-refractivity contribution is 6.31. The van der Waals surface area contributed by atoms with Gasteiger partial charge in [-0.1, -0.05) is 17.7 Å². The number of rotatable bonds is 3. The zero-order valence-electron chi connectivity index (χ0n) is 8.09. The Balaban J connectivity index is 2.05. The number of hydrogen-bond acceptors (Lipinski definition) is 1. The molecule has 0 aliphatic heterocycles. The van der Waals surface area contributed by atoms with Crippen LogP contribution in [0.15, 0.2) is 18.2 Å². The van der Waals surface area contributed by atoms with Gasteiger partial charge in [0.25, 0.3) is 0 Å². The van der Waals surface area contributed by atoms with Crippen molar-refractivity contribution in [2.24, 2.45) is 0 Å². The third kappa shape index (κ3) is 2.69. The smallest absolute Gasteiger partial charge is 0.224 e. The van der Waals surface area contributed by atoms with Crippen LogP contribution in [0.3, 0.4) is 0 Å². The Morgan fingerprint density at radius 2 is 2.27 bits per heavy atom. The van der Waals surface area contributed by atoms with E-state index in [1.54, 1.807) is 6.07 Å². The molecule has 0 heterocycles. The molecule has 0 bridgehead atoms. The molecule has 0 aromatic heterocycles. The minimum Gasteiger partial charge on any atom is -0.353 e. The molecule has 1 aromatic carbocycles. The summed E-state index contributed by atoms with van der Waals surface area (Å²) in [5.41, 5.74) is 0.275. The number of hydrogen-bond donors (Lipinski definition) is 1. The Morgan fingerprint density at radius 3 is 2.87 bits per heavy atom. The van der Waals surface area contributed by atoms with Crippen LogP contribution in [-0.2, 0) is 11.2 Å². The lowest BCUT2D eigenvalue weighted by atomic mass is 10.1. The summed E-state index contributed by atoms with van der Waals surface area (Å²) >= 11 is 5.81. The molecule has 1 aliphatic rings. The van der Waals surface area contributed by atoms with E-state index >= 15 is 0 Å². The van der Waals surface area contributed by atoms with Crippen LogP contribution in [0.5, 0.6) is 0 Å². The van der Waals surface area contributed by atoms with Crippen molar-refractivity contribution in [3.8, 4) is 0 Å². The van der Waals surface area contributed by atoms with Crippen molar-refractivity contribution in [3.05, 3.63) is 34.6 Å². The molecule has 1 fully saturated rings. The molecule has 1 aromatic rings. The number of amides is 1. The van der Waals surface area contributed by atoms with Gasteiger partial charge in [0, 0.05) is 16.6 Å². The standard InChI is InChI=1S/C11H11ClFNO/c12-9-2-1-3-10(13)8(9)6-11(15)14-7-4-5-7/h1-3,7H,4-6H2,(H,14,15). The van der Waals surface area contributed by atoms with Gasteiger partial charge in [-0.25, -0.2) is 4.39 Å². The minimum absolute atomic E-state index is 0.0159. The molecule has 4 heteroatoms. The van der Waals surface area contributed by atoms with Crippen LogP contribution in [0.1, 0.15) is 18.4 Å². The third-order valence-electron chi connectivity index (χ3n) is 2.34. The van der Waals surface area contributed by atoms with E-state index in [0.29, 0.717) is 11.1 Å². The van der Waals surface area contributed by atoms with E-state index < -0.39 is 5.82 Å². The second kappa shape index (κ2) is 4.19. The molecule has 0 saturated heterocycles. The predicted molar refractivity (Wildman–Crippen MR) is 56.3 cm³/mol. The second-order valence-electron chi connectivity index (χ2n) is 3.72. The van der Waals surface area contributed by atoms with Crippen LogP contribution in [-0.4, -0.2) is 11.9 Å². The first-order chi connectivity index (χ1) is 7.16. The van der Waals surface area contributed by atoms with Gasteiger partial charge in [0.05, 0.1) is 6.42 Å². The Kier molecular flexibility index (Phi) is 2.91. The van der Waals surface area contributed by atoms with E-state index in [2.05, 4.69) is 5.32 Å². The molecule has 0 radical (unpaired) electrons. The largest absolute Gasteiger partial charge is 0.353 e. The molecule has 1 amide bonds. The lowest BCUT2D eigenvalue weighted by Gasteiger charge is -2.06. The molecule has 2 rings (SSSR count). The van der Waals surface area contributed by atoms with Crippen molar-refractivity contribution in [2.75, 3.05) is 0 Å². The van der Waals surface area contributed by atoms with Crippen molar-refractivity contribution in [2.45, 2.75) is 25.3 Å². The molecule has 1 aliphatic carbocycles. The number of carbonyl (C=O) groups is 1. The zero-order chi connectivity index (χ0) is 10.8. The van der Waals surface area contributed by atoms with Gasteiger partial charge < -0.3 is 5.32 Å². The van der Waals surface area contributed by atoms with Crippen LogP contribution >= 0.6 is 11.6 Å².